The van der Waals surface area contributed by atoms with E-state index < -0.39 is 6.10 Å². The molecule has 0 aliphatic heterocycles. The molecule has 2 aliphatic carbocycles. The van der Waals surface area contributed by atoms with Gasteiger partial charge in [-0.25, -0.2) is 0 Å². The number of nitrogens with one attached hydrogen (secondary N) is 1. The van der Waals surface area contributed by atoms with Crippen molar-refractivity contribution in [3.63, 3.8) is 0 Å². The molecule has 3 atom stereocenters. The Hall–Kier alpha value is -1.62. The van der Waals surface area contributed by atoms with Crippen LogP contribution in [0.5, 0.6) is 5.75 Å². The van der Waals surface area contributed by atoms with Gasteiger partial charge in [-0.1, -0.05) is 6.42 Å². The molecule has 3 unspecified atom stereocenters. The van der Waals surface area contributed by atoms with Crippen LogP contribution in [0.3, 0.4) is 0 Å². The van der Waals surface area contributed by atoms with Crippen LogP contribution in [0.2, 0.25) is 0 Å². The topological polar surface area (TPSA) is 77.2 Å². The van der Waals surface area contributed by atoms with E-state index in [0.29, 0.717) is 23.6 Å². The van der Waals surface area contributed by atoms with Crippen molar-refractivity contribution >= 4 is 5.91 Å². The molecule has 0 radical (unpaired) electrons. The van der Waals surface area contributed by atoms with Gasteiger partial charge in [-0.05, 0) is 56.6 Å². The Bertz CT molecular complexity index is 494. The summed E-state index contributed by atoms with van der Waals surface area (Å²) >= 11 is 0. The molecular formula is C17H25N3O2. The quantitative estimate of drug-likeness (QED) is 0.890. The van der Waals surface area contributed by atoms with E-state index in [4.69, 9.17) is 10.5 Å². The van der Waals surface area contributed by atoms with E-state index in [1.54, 1.807) is 25.4 Å². The predicted octanol–water partition coefficient (Wildman–Crippen LogP) is 1.87. The minimum absolute atomic E-state index is 0.0405. The smallest absolute Gasteiger partial charge is 0.261 e. The number of fused-ring (bicyclic) bond motifs is 2. The third kappa shape index (κ3) is 3.40. The van der Waals surface area contributed by atoms with E-state index in [0.717, 1.165) is 12.8 Å². The molecule has 5 nitrogen and oxygen atoms in total. The SMILES string of the molecule is CC(Oc1cccnc1)C(=O)NC1C2CCCC1CC(N)C2. The van der Waals surface area contributed by atoms with Gasteiger partial charge >= 0.3 is 0 Å². The second-order valence-electron chi connectivity index (χ2n) is 6.67. The zero-order valence-electron chi connectivity index (χ0n) is 13.1. The first kappa shape index (κ1) is 15.3. The van der Waals surface area contributed by atoms with Crippen LogP contribution in [0.1, 0.15) is 39.0 Å². The van der Waals surface area contributed by atoms with E-state index in [9.17, 15) is 4.79 Å². The summed E-state index contributed by atoms with van der Waals surface area (Å²) in [5.74, 6) is 1.63. The molecule has 1 heterocycles. The highest BCUT2D eigenvalue weighted by atomic mass is 16.5. The minimum Gasteiger partial charge on any atom is -0.479 e. The van der Waals surface area contributed by atoms with Crippen molar-refractivity contribution < 1.29 is 9.53 Å². The first-order valence-corrected chi connectivity index (χ1v) is 8.26. The van der Waals surface area contributed by atoms with E-state index in [2.05, 4.69) is 10.3 Å². The lowest BCUT2D eigenvalue weighted by Crippen LogP contribution is -2.55. The van der Waals surface area contributed by atoms with Crippen molar-refractivity contribution in [1.29, 1.82) is 0 Å². The number of nitrogens with zero attached hydrogens (tertiary/aromatic N) is 1. The summed E-state index contributed by atoms with van der Waals surface area (Å²) in [5, 5.41) is 3.22. The van der Waals surface area contributed by atoms with Gasteiger partial charge in [-0.2, -0.15) is 0 Å². The molecule has 2 saturated carbocycles. The fraction of sp³-hybridized carbons (Fsp3) is 0.647. The van der Waals surface area contributed by atoms with Gasteiger partial charge in [0.15, 0.2) is 6.10 Å². The van der Waals surface area contributed by atoms with Crippen molar-refractivity contribution in [2.75, 3.05) is 0 Å². The molecular weight excluding hydrogens is 278 g/mol. The molecule has 22 heavy (non-hydrogen) atoms. The maximum atomic E-state index is 12.4. The Morgan fingerprint density at radius 1 is 1.41 bits per heavy atom. The lowest BCUT2D eigenvalue weighted by Gasteiger charge is -2.45. The number of carbonyl (C=O) groups is 1. The largest absolute Gasteiger partial charge is 0.479 e. The van der Waals surface area contributed by atoms with E-state index in [1.807, 2.05) is 6.07 Å². The van der Waals surface area contributed by atoms with Crippen LogP contribution in [0.15, 0.2) is 24.5 Å². The third-order valence-corrected chi connectivity index (χ3v) is 5.00. The molecule has 120 valence electrons. The number of hydrogen-bond acceptors (Lipinski definition) is 4. The van der Waals surface area contributed by atoms with E-state index >= 15 is 0 Å². The average Bonchev–Trinajstić information content (AvgIpc) is 2.49. The van der Waals surface area contributed by atoms with Gasteiger partial charge in [0.1, 0.15) is 5.75 Å². The summed E-state index contributed by atoms with van der Waals surface area (Å²) in [4.78, 5) is 16.4. The maximum absolute atomic E-state index is 12.4. The normalized spacial score (nSPS) is 32.1. The van der Waals surface area contributed by atoms with Crippen LogP contribution in [0.4, 0.5) is 0 Å². The summed E-state index contributed by atoms with van der Waals surface area (Å²) in [5.41, 5.74) is 6.14. The van der Waals surface area contributed by atoms with Crippen molar-refractivity contribution in [3.05, 3.63) is 24.5 Å². The number of pyridine rings is 1. The minimum atomic E-state index is -0.513. The number of hydrogen-bond donors (Lipinski definition) is 2. The van der Waals surface area contributed by atoms with Gasteiger partial charge in [0.25, 0.3) is 5.91 Å². The fourth-order valence-corrected chi connectivity index (χ4v) is 3.98. The second kappa shape index (κ2) is 6.65. The highest BCUT2D eigenvalue weighted by Gasteiger charge is 2.40. The molecule has 5 heteroatoms. The van der Waals surface area contributed by atoms with Gasteiger partial charge < -0.3 is 15.8 Å². The molecule has 2 bridgehead atoms. The van der Waals surface area contributed by atoms with Gasteiger partial charge in [0.2, 0.25) is 0 Å². The first-order valence-electron chi connectivity index (χ1n) is 8.26. The Morgan fingerprint density at radius 2 is 2.14 bits per heavy atom. The van der Waals surface area contributed by atoms with Crippen molar-refractivity contribution in [3.8, 4) is 5.75 Å². The van der Waals surface area contributed by atoms with E-state index in [1.165, 1.54) is 19.3 Å². The van der Waals surface area contributed by atoms with Gasteiger partial charge in [-0.3, -0.25) is 9.78 Å². The molecule has 0 saturated heterocycles. The monoisotopic (exact) mass is 303 g/mol. The van der Waals surface area contributed by atoms with Crippen LogP contribution in [-0.2, 0) is 4.79 Å². The lowest BCUT2D eigenvalue weighted by molar-refractivity contribution is -0.129. The zero-order valence-corrected chi connectivity index (χ0v) is 13.1. The first-order chi connectivity index (χ1) is 10.6. The van der Waals surface area contributed by atoms with Crippen molar-refractivity contribution in [1.82, 2.24) is 10.3 Å². The molecule has 2 fully saturated rings. The van der Waals surface area contributed by atoms with Gasteiger partial charge in [0.05, 0.1) is 6.20 Å². The van der Waals surface area contributed by atoms with Gasteiger partial charge in [0, 0.05) is 18.3 Å². The van der Waals surface area contributed by atoms with Crippen LogP contribution in [-0.4, -0.2) is 29.1 Å². The number of amides is 1. The highest BCUT2D eigenvalue weighted by molar-refractivity contribution is 5.81. The molecule has 2 aliphatic rings. The number of ether oxygens (including phenoxy) is 1. The Labute approximate surface area is 131 Å². The number of aromatic nitrogens is 1. The Balaban J connectivity index is 1.59. The van der Waals surface area contributed by atoms with Gasteiger partial charge in [-0.15, -0.1) is 0 Å². The Morgan fingerprint density at radius 3 is 2.77 bits per heavy atom. The fourth-order valence-electron chi connectivity index (χ4n) is 3.98. The maximum Gasteiger partial charge on any atom is 0.261 e. The molecule has 3 N–H and O–H groups in total. The summed E-state index contributed by atoms with van der Waals surface area (Å²) in [7, 11) is 0. The molecule has 1 aromatic rings. The molecule has 0 spiro atoms. The number of nitrogens with two attached hydrogens (primary N) is 1. The standard InChI is InChI=1S/C17H25N3O2/c1-11(22-15-6-3-7-19-10-15)17(21)20-16-12-4-2-5-13(16)9-14(18)8-12/h3,6-7,10-14,16H,2,4-5,8-9,18H2,1H3,(H,20,21). The van der Waals surface area contributed by atoms with Crippen LogP contribution in [0, 0.1) is 11.8 Å². The lowest BCUT2D eigenvalue weighted by atomic mass is 9.67. The van der Waals surface area contributed by atoms with Crippen molar-refractivity contribution in [2.45, 2.75) is 57.2 Å². The molecule has 0 aromatic carbocycles. The van der Waals surface area contributed by atoms with Crippen LogP contribution < -0.4 is 15.8 Å². The third-order valence-electron chi connectivity index (χ3n) is 5.00. The molecule has 1 amide bonds. The van der Waals surface area contributed by atoms with Crippen molar-refractivity contribution in [2.24, 2.45) is 17.6 Å². The molecule has 1 aromatic heterocycles. The number of carbonyl (C=O) groups excluding carboxylic acids is 1. The summed E-state index contributed by atoms with van der Waals surface area (Å²) in [6.45, 7) is 1.78. The highest BCUT2D eigenvalue weighted by Crippen LogP contribution is 2.39. The number of rotatable bonds is 4. The zero-order chi connectivity index (χ0) is 15.5. The summed E-state index contributed by atoms with van der Waals surface area (Å²) < 4.78 is 5.66. The van der Waals surface area contributed by atoms with Crippen LogP contribution >= 0.6 is 0 Å². The van der Waals surface area contributed by atoms with Crippen LogP contribution in [0.25, 0.3) is 0 Å². The van der Waals surface area contributed by atoms with E-state index in [-0.39, 0.29) is 11.9 Å². The second-order valence-corrected chi connectivity index (χ2v) is 6.67. The summed E-state index contributed by atoms with van der Waals surface area (Å²) in [6, 6.07) is 4.17. The molecule has 3 rings (SSSR count). The average molecular weight is 303 g/mol. The predicted molar refractivity (Wildman–Crippen MR) is 84.3 cm³/mol. The summed E-state index contributed by atoms with van der Waals surface area (Å²) in [6.07, 6.45) is 8.46. The Kier molecular flexibility index (Phi) is 4.62.